The van der Waals surface area contributed by atoms with Gasteiger partial charge >= 0.3 is 0 Å². The van der Waals surface area contributed by atoms with Crippen LogP contribution in [-0.4, -0.2) is 59.9 Å². The third-order valence-electron chi connectivity index (χ3n) is 5.35. The van der Waals surface area contributed by atoms with Crippen LogP contribution in [-0.2, 0) is 9.59 Å². The number of rotatable bonds is 5. The summed E-state index contributed by atoms with van der Waals surface area (Å²) in [7, 11) is 0. The fourth-order valence-electron chi connectivity index (χ4n) is 3.93. The molecule has 3 rings (SSSR count). The highest BCUT2D eigenvalue weighted by Crippen LogP contribution is 2.26. The molecule has 0 radical (unpaired) electrons. The Labute approximate surface area is 148 Å². The number of piperidine rings is 1. The van der Waals surface area contributed by atoms with Crippen LogP contribution in [0.15, 0.2) is 24.3 Å². The van der Waals surface area contributed by atoms with Crippen LogP contribution >= 0.6 is 0 Å². The number of benzene rings is 1. The van der Waals surface area contributed by atoms with E-state index in [1.807, 2.05) is 36.1 Å². The first kappa shape index (κ1) is 17.7. The lowest BCUT2D eigenvalue weighted by atomic mass is 10.0. The van der Waals surface area contributed by atoms with E-state index in [0.717, 1.165) is 43.5 Å². The normalized spacial score (nSPS) is 22.1. The van der Waals surface area contributed by atoms with Crippen molar-refractivity contribution >= 4 is 11.8 Å². The van der Waals surface area contributed by atoms with E-state index >= 15 is 0 Å². The monoisotopic (exact) mass is 345 g/mol. The number of hydrogen-bond acceptors (Lipinski definition) is 4. The number of primary amides is 1. The summed E-state index contributed by atoms with van der Waals surface area (Å²) in [5.74, 6) is 0.560. The van der Waals surface area contributed by atoms with Crippen LogP contribution in [0.2, 0.25) is 0 Å². The predicted molar refractivity (Wildman–Crippen MR) is 95.2 cm³/mol. The minimum Gasteiger partial charge on any atom is -0.484 e. The van der Waals surface area contributed by atoms with Crippen molar-refractivity contribution in [1.82, 2.24) is 9.80 Å². The van der Waals surface area contributed by atoms with Crippen molar-refractivity contribution in [1.29, 1.82) is 0 Å². The number of carbonyl (C=O) groups excluding carboxylic acids is 2. The van der Waals surface area contributed by atoms with Gasteiger partial charge in [0.05, 0.1) is 6.04 Å². The molecule has 0 saturated carbocycles. The van der Waals surface area contributed by atoms with Gasteiger partial charge in [-0.15, -0.1) is 0 Å². The quantitative estimate of drug-likeness (QED) is 0.873. The van der Waals surface area contributed by atoms with Gasteiger partial charge in [0.25, 0.3) is 5.91 Å². The van der Waals surface area contributed by atoms with Crippen LogP contribution in [0.25, 0.3) is 0 Å². The number of nitrogens with zero attached hydrogens (tertiary/aromatic N) is 2. The van der Waals surface area contributed by atoms with E-state index in [0.29, 0.717) is 19.1 Å². The molecule has 6 nitrogen and oxygen atoms in total. The number of likely N-dealkylation sites (tertiary alicyclic amines) is 2. The summed E-state index contributed by atoms with van der Waals surface area (Å²) in [5.41, 5.74) is 6.54. The Morgan fingerprint density at radius 1 is 1.16 bits per heavy atom. The summed E-state index contributed by atoms with van der Waals surface area (Å²) in [6, 6.07) is 7.93. The van der Waals surface area contributed by atoms with Crippen LogP contribution in [0.5, 0.6) is 5.75 Å². The minimum absolute atomic E-state index is 0.0228. The zero-order valence-corrected chi connectivity index (χ0v) is 14.8. The van der Waals surface area contributed by atoms with Crippen molar-refractivity contribution in [2.24, 2.45) is 5.73 Å². The average Bonchev–Trinajstić information content (AvgIpc) is 3.11. The van der Waals surface area contributed by atoms with Gasteiger partial charge in [-0.3, -0.25) is 14.5 Å². The number of amides is 2. The summed E-state index contributed by atoms with van der Waals surface area (Å²) in [6.45, 7) is 4.40. The molecule has 2 N–H and O–H groups in total. The molecule has 2 heterocycles. The molecule has 1 atom stereocenters. The molecular weight excluding hydrogens is 318 g/mol. The molecule has 2 saturated heterocycles. The van der Waals surface area contributed by atoms with Gasteiger partial charge in [-0.2, -0.15) is 0 Å². The maximum Gasteiger partial charge on any atom is 0.260 e. The van der Waals surface area contributed by atoms with Crippen LogP contribution < -0.4 is 10.5 Å². The summed E-state index contributed by atoms with van der Waals surface area (Å²) in [4.78, 5) is 28.1. The number of nitrogens with two attached hydrogens (primary N) is 1. The highest BCUT2D eigenvalue weighted by atomic mass is 16.5. The molecule has 0 aromatic heterocycles. The largest absolute Gasteiger partial charge is 0.484 e. The molecule has 136 valence electrons. The van der Waals surface area contributed by atoms with Gasteiger partial charge < -0.3 is 15.4 Å². The van der Waals surface area contributed by atoms with Crippen molar-refractivity contribution in [2.75, 3.05) is 26.2 Å². The number of ether oxygens (including phenoxy) is 1. The Bertz CT molecular complexity index is 626. The highest BCUT2D eigenvalue weighted by molar-refractivity contribution is 5.80. The van der Waals surface area contributed by atoms with Crippen molar-refractivity contribution in [2.45, 2.75) is 44.7 Å². The lowest BCUT2D eigenvalue weighted by molar-refractivity contribution is -0.135. The van der Waals surface area contributed by atoms with Gasteiger partial charge in [-0.1, -0.05) is 18.2 Å². The molecule has 2 amide bonds. The molecule has 2 fully saturated rings. The van der Waals surface area contributed by atoms with Crippen molar-refractivity contribution in [3.63, 3.8) is 0 Å². The van der Waals surface area contributed by atoms with Crippen LogP contribution in [0.1, 0.15) is 31.2 Å². The van der Waals surface area contributed by atoms with Crippen molar-refractivity contribution in [3.8, 4) is 5.75 Å². The van der Waals surface area contributed by atoms with Crippen molar-refractivity contribution < 1.29 is 14.3 Å². The third-order valence-corrected chi connectivity index (χ3v) is 5.35. The SMILES string of the molecule is Cc1ccccc1OCC(=O)N1CCC(N2CCC[C@@H]2C(N)=O)CC1. The fourth-order valence-corrected chi connectivity index (χ4v) is 3.93. The standard InChI is InChI=1S/C19H27N3O3/c1-14-5-2-3-7-17(14)25-13-18(23)21-11-8-15(9-12-21)22-10-4-6-16(22)19(20)24/h2-3,5,7,15-16H,4,6,8-13H2,1H3,(H2,20,24)/t16-/m1/s1. The molecule has 2 aliphatic rings. The van der Waals surface area contributed by atoms with Gasteiger partial charge in [0.1, 0.15) is 5.75 Å². The maximum absolute atomic E-state index is 12.4. The molecule has 0 bridgehead atoms. The lowest BCUT2D eigenvalue weighted by Gasteiger charge is -2.38. The topological polar surface area (TPSA) is 75.9 Å². The van der Waals surface area contributed by atoms with Gasteiger partial charge in [-0.25, -0.2) is 0 Å². The Balaban J connectivity index is 1.48. The Hall–Kier alpha value is -2.08. The van der Waals surface area contributed by atoms with Gasteiger partial charge in [0.15, 0.2) is 6.61 Å². The Kier molecular flexibility index (Phi) is 5.58. The minimum atomic E-state index is -0.220. The van der Waals surface area contributed by atoms with Crippen molar-refractivity contribution in [3.05, 3.63) is 29.8 Å². The fraction of sp³-hybridized carbons (Fsp3) is 0.579. The number of hydrogen-bond donors (Lipinski definition) is 1. The molecule has 1 aromatic rings. The Morgan fingerprint density at radius 3 is 2.56 bits per heavy atom. The molecule has 6 heteroatoms. The predicted octanol–water partition coefficient (Wildman–Crippen LogP) is 1.31. The molecule has 1 aromatic carbocycles. The smallest absolute Gasteiger partial charge is 0.260 e. The second-order valence-electron chi connectivity index (χ2n) is 6.96. The average molecular weight is 345 g/mol. The van der Waals surface area contributed by atoms with E-state index in [4.69, 9.17) is 10.5 Å². The zero-order chi connectivity index (χ0) is 17.8. The first-order chi connectivity index (χ1) is 12.1. The first-order valence-corrected chi connectivity index (χ1v) is 9.07. The first-order valence-electron chi connectivity index (χ1n) is 9.07. The van der Waals surface area contributed by atoms with E-state index in [-0.39, 0.29) is 24.5 Å². The van der Waals surface area contributed by atoms with E-state index in [1.54, 1.807) is 0 Å². The van der Waals surface area contributed by atoms with E-state index in [2.05, 4.69) is 4.90 Å². The molecule has 0 spiro atoms. The maximum atomic E-state index is 12.4. The molecule has 25 heavy (non-hydrogen) atoms. The van der Waals surface area contributed by atoms with E-state index in [9.17, 15) is 9.59 Å². The summed E-state index contributed by atoms with van der Waals surface area (Å²) >= 11 is 0. The lowest BCUT2D eigenvalue weighted by Crippen LogP contribution is -2.51. The van der Waals surface area contributed by atoms with E-state index < -0.39 is 0 Å². The number of carbonyl (C=O) groups is 2. The molecule has 0 unspecified atom stereocenters. The van der Waals surface area contributed by atoms with Crippen LogP contribution in [0.3, 0.4) is 0 Å². The van der Waals surface area contributed by atoms with Gasteiger partial charge in [0, 0.05) is 19.1 Å². The molecule has 2 aliphatic heterocycles. The molecule has 0 aliphatic carbocycles. The van der Waals surface area contributed by atoms with Crippen LogP contribution in [0.4, 0.5) is 0 Å². The second-order valence-corrected chi connectivity index (χ2v) is 6.96. The third kappa shape index (κ3) is 4.12. The van der Waals surface area contributed by atoms with Gasteiger partial charge in [-0.05, 0) is 50.8 Å². The Morgan fingerprint density at radius 2 is 1.88 bits per heavy atom. The summed E-state index contributed by atoms with van der Waals surface area (Å²) in [6.07, 6.45) is 3.66. The van der Waals surface area contributed by atoms with Crippen LogP contribution in [0, 0.1) is 6.92 Å². The zero-order valence-electron chi connectivity index (χ0n) is 14.8. The summed E-state index contributed by atoms with van der Waals surface area (Å²) < 4.78 is 5.66. The second kappa shape index (κ2) is 7.87. The number of aryl methyl sites for hydroxylation is 1. The van der Waals surface area contributed by atoms with Gasteiger partial charge in [0.2, 0.25) is 5.91 Å². The van der Waals surface area contributed by atoms with E-state index in [1.165, 1.54) is 0 Å². The molecular formula is C19H27N3O3. The number of para-hydroxylation sites is 1. The highest BCUT2D eigenvalue weighted by Gasteiger charge is 2.36. The summed E-state index contributed by atoms with van der Waals surface area (Å²) in [5, 5.41) is 0.